The Kier molecular flexibility index (Phi) is 5.41. The Balaban J connectivity index is 1.88. The summed E-state index contributed by atoms with van der Waals surface area (Å²) in [7, 11) is 2.05. The van der Waals surface area contributed by atoms with Gasteiger partial charge in [-0.1, -0.05) is 32.9 Å². The first-order chi connectivity index (χ1) is 12.7. The third kappa shape index (κ3) is 3.92. The van der Waals surface area contributed by atoms with Crippen LogP contribution < -0.4 is 4.90 Å². The predicted molar refractivity (Wildman–Crippen MR) is 114 cm³/mol. The Morgan fingerprint density at radius 3 is 2.56 bits per heavy atom. The summed E-state index contributed by atoms with van der Waals surface area (Å²) >= 11 is 0. The lowest BCUT2D eigenvalue weighted by Crippen LogP contribution is -2.45. The Morgan fingerprint density at radius 1 is 1.26 bits per heavy atom. The normalized spacial score (nSPS) is 20.0. The zero-order valence-electron chi connectivity index (χ0n) is 17.4. The first-order valence-electron chi connectivity index (χ1n) is 9.94. The molecule has 1 heterocycles. The standard InChI is InChI=1S/C24H31FN2/c1-7-16(2)18-8-10-20(11-9-18)26-15-19-12-21-17(3)14-24(4,5)27(6)23(21)13-22(19)25/h8-13,15-17H,7,14H2,1-6H3. The van der Waals surface area contributed by atoms with Crippen molar-refractivity contribution < 1.29 is 4.39 Å². The number of hydrogen-bond acceptors (Lipinski definition) is 2. The molecular formula is C24H31FN2. The molecule has 2 aromatic carbocycles. The average molecular weight is 367 g/mol. The molecule has 3 heteroatoms. The van der Waals surface area contributed by atoms with Crippen LogP contribution in [0, 0.1) is 5.82 Å². The second kappa shape index (κ2) is 7.46. The van der Waals surface area contributed by atoms with Gasteiger partial charge in [-0.15, -0.1) is 0 Å². The zero-order chi connectivity index (χ0) is 19.8. The van der Waals surface area contributed by atoms with Gasteiger partial charge in [0.05, 0.1) is 5.69 Å². The molecule has 0 amide bonds. The molecule has 2 unspecified atom stereocenters. The van der Waals surface area contributed by atoms with Gasteiger partial charge < -0.3 is 4.90 Å². The van der Waals surface area contributed by atoms with Gasteiger partial charge >= 0.3 is 0 Å². The quantitative estimate of drug-likeness (QED) is 0.543. The maximum atomic E-state index is 14.7. The SMILES string of the molecule is CCC(C)c1ccc(N=Cc2cc3c(cc2F)N(C)C(C)(C)CC3C)cc1. The Labute approximate surface area is 163 Å². The van der Waals surface area contributed by atoms with Crippen LogP contribution in [-0.2, 0) is 0 Å². The third-order valence-corrected chi connectivity index (χ3v) is 6.18. The summed E-state index contributed by atoms with van der Waals surface area (Å²) in [5, 5.41) is 0. The van der Waals surface area contributed by atoms with E-state index >= 15 is 0 Å². The summed E-state index contributed by atoms with van der Waals surface area (Å²) < 4.78 is 14.7. The van der Waals surface area contributed by atoms with Crippen molar-refractivity contribution in [3.05, 3.63) is 58.9 Å². The first-order valence-corrected chi connectivity index (χ1v) is 9.94. The number of aliphatic imine (C=N–C) groups is 1. The fraction of sp³-hybridized carbons (Fsp3) is 0.458. The molecule has 0 radical (unpaired) electrons. The van der Waals surface area contributed by atoms with Crippen LogP contribution in [0.5, 0.6) is 0 Å². The number of rotatable bonds is 4. The lowest BCUT2D eigenvalue weighted by atomic mass is 9.80. The molecule has 0 bridgehead atoms. The fourth-order valence-corrected chi connectivity index (χ4v) is 3.97. The van der Waals surface area contributed by atoms with Crippen molar-refractivity contribution >= 4 is 17.6 Å². The predicted octanol–water partition coefficient (Wildman–Crippen LogP) is 6.81. The highest BCUT2D eigenvalue weighted by atomic mass is 19.1. The summed E-state index contributed by atoms with van der Waals surface area (Å²) in [6, 6.07) is 11.9. The number of hydrogen-bond donors (Lipinski definition) is 0. The molecule has 2 atom stereocenters. The van der Waals surface area contributed by atoms with Crippen molar-refractivity contribution in [3.8, 4) is 0 Å². The van der Waals surface area contributed by atoms with Crippen LogP contribution in [0.25, 0.3) is 0 Å². The van der Waals surface area contributed by atoms with Crippen molar-refractivity contribution in [2.45, 2.75) is 64.8 Å². The molecule has 1 aliphatic rings. The van der Waals surface area contributed by atoms with Crippen molar-refractivity contribution in [2.24, 2.45) is 4.99 Å². The van der Waals surface area contributed by atoms with Gasteiger partial charge in [-0.2, -0.15) is 0 Å². The molecule has 0 saturated carbocycles. The van der Waals surface area contributed by atoms with Gasteiger partial charge in [-0.25, -0.2) is 4.39 Å². The lowest BCUT2D eigenvalue weighted by Gasteiger charge is -2.45. The highest BCUT2D eigenvalue weighted by Crippen LogP contribution is 2.43. The Morgan fingerprint density at radius 2 is 1.93 bits per heavy atom. The van der Waals surface area contributed by atoms with Crippen LogP contribution in [0.1, 0.15) is 76.0 Å². The van der Waals surface area contributed by atoms with Crippen molar-refractivity contribution in [1.82, 2.24) is 0 Å². The minimum absolute atomic E-state index is 0.0336. The topological polar surface area (TPSA) is 15.6 Å². The van der Waals surface area contributed by atoms with Crippen LogP contribution >= 0.6 is 0 Å². The first kappa shape index (κ1) is 19.6. The molecule has 0 saturated heterocycles. The van der Waals surface area contributed by atoms with Gasteiger partial charge in [-0.05, 0) is 73.9 Å². The molecule has 2 nitrogen and oxygen atoms in total. The highest BCUT2D eigenvalue weighted by molar-refractivity contribution is 5.84. The van der Waals surface area contributed by atoms with Crippen molar-refractivity contribution in [1.29, 1.82) is 0 Å². The van der Waals surface area contributed by atoms with E-state index < -0.39 is 0 Å². The molecule has 0 spiro atoms. The number of halogens is 1. The summed E-state index contributed by atoms with van der Waals surface area (Å²) in [5.41, 5.74) is 4.95. The van der Waals surface area contributed by atoms with Gasteiger partial charge in [0.1, 0.15) is 5.82 Å². The molecule has 0 N–H and O–H groups in total. The van der Waals surface area contributed by atoms with Gasteiger partial charge in [0.25, 0.3) is 0 Å². The van der Waals surface area contributed by atoms with Gasteiger partial charge in [-0.3, -0.25) is 4.99 Å². The van der Waals surface area contributed by atoms with Crippen LogP contribution in [0.2, 0.25) is 0 Å². The third-order valence-electron chi connectivity index (χ3n) is 6.18. The minimum atomic E-state index is -0.217. The molecule has 27 heavy (non-hydrogen) atoms. The Hall–Kier alpha value is -2.16. The van der Waals surface area contributed by atoms with E-state index in [0.717, 1.165) is 24.2 Å². The zero-order valence-corrected chi connectivity index (χ0v) is 17.4. The maximum Gasteiger partial charge on any atom is 0.134 e. The summed E-state index contributed by atoms with van der Waals surface area (Å²) in [6.07, 6.45) is 3.82. The van der Waals surface area contributed by atoms with Crippen LogP contribution in [0.3, 0.4) is 0 Å². The van der Waals surface area contributed by atoms with Crippen molar-refractivity contribution in [2.75, 3.05) is 11.9 Å². The number of fused-ring (bicyclic) bond motifs is 1. The second-order valence-electron chi connectivity index (χ2n) is 8.57. The minimum Gasteiger partial charge on any atom is -0.369 e. The summed E-state index contributed by atoms with van der Waals surface area (Å²) in [5.74, 6) is 0.725. The van der Waals surface area contributed by atoms with E-state index in [-0.39, 0.29) is 11.4 Å². The molecule has 0 fully saturated rings. The number of nitrogens with zero attached hydrogens (tertiary/aromatic N) is 2. The average Bonchev–Trinajstić information content (AvgIpc) is 2.64. The largest absolute Gasteiger partial charge is 0.369 e. The van der Waals surface area contributed by atoms with Crippen LogP contribution in [0.15, 0.2) is 41.4 Å². The van der Waals surface area contributed by atoms with Crippen LogP contribution in [-0.4, -0.2) is 18.8 Å². The molecule has 3 rings (SSSR count). The molecule has 0 aromatic heterocycles. The number of anilines is 1. The van der Waals surface area contributed by atoms with E-state index in [1.165, 1.54) is 11.1 Å². The van der Waals surface area contributed by atoms with Crippen LogP contribution in [0.4, 0.5) is 15.8 Å². The van der Waals surface area contributed by atoms with Gasteiger partial charge in [0, 0.05) is 30.1 Å². The maximum absolute atomic E-state index is 14.7. The second-order valence-corrected chi connectivity index (χ2v) is 8.57. The van der Waals surface area contributed by atoms with E-state index in [1.54, 1.807) is 12.3 Å². The smallest absolute Gasteiger partial charge is 0.134 e. The fourth-order valence-electron chi connectivity index (χ4n) is 3.97. The highest BCUT2D eigenvalue weighted by Gasteiger charge is 2.34. The van der Waals surface area contributed by atoms with Crippen molar-refractivity contribution in [3.63, 3.8) is 0 Å². The van der Waals surface area contributed by atoms with E-state index in [0.29, 0.717) is 17.4 Å². The summed E-state index contributed by atoms with van der Waals surface area (Å²) in [4.78, 5) is 6.70. The van der Waals surface area contributed by atoms with E-state index in [1.807, 2.05) is 18.2 Å². The Bertz CT molecular complexity index is 836. The molecule has 144 valence electrons. The van der Waals surface area contributed by atoms with E-state index in [9.17, 15) is 4.39 Å². The van der Waals surface area contributed by atoms with E-state index in [2.05, 4.69) is 63.7 Å². The molecule has 1 aliphatic heterocycles. The molecule has 0 aliphatic carbocycles. The van der Waals surface area contributed by atoms with Gasteiger partial charge in [0.15, 0.2) is 0 Å². The molecular weight excluding hydrogens is 335 g/mol. The molecule has 2 aromatic rings. The van der Waals surface area contributed by atoms with Gasteiger partial charge in [0.2, 0.25) is 0 Å². The monoisotopic (exact) mass is 366 g/mol. The lowest BCUT2D eigenvalue weighted by molar-refractivity contribution is 0.394. The van der Waals surface area contributed by atoms with E-state index in [4.69, 9.17) is 0 Å². The number of benzene rings is 2. The summed E-state index contributed by atoms with van der Waals surface area (Å²) in [6.45, 7) is 11.1.